The summed E-state index contributed by atoms with van der Waals surface area (Å²) in [5.74, 6) is 6.61. The average Bonchev–Trinajstić information content (AvgIpc) is 3.09. The summed E-state index contributed by atoms with van der Waals surface area (Å²) in [6, 6.07) is 3.57. The topological polar surface area (TPSA) is 68.0 Å². The highest BCUT2D eigenvalue weighted by Gasteiger charge is 2.30. The number of nitrogens with two attached hydrogens (primary N) is 1. The van der Waals surface area contributed by atoms with Gasteiger partial charge in [0.05, 0.1) is 18.2 Å². The van der Waals surface area contributed by atoms with E-state index in [1.54, 1.807) is 13.2 Å². The molecule has 0 aliphatic carbocycles. The number of piperidine rings is 1. The van der Waals surface area contributed by atoms with Crippen LogP contribution in [-0.4, -0.2) is 61.8 Å². The van der Waals surface area contributed by atoms with Crippen molar-refractivity contribution in [2.75, 3.05) is 40.0 Å². The summed E-state index contributed by atoms with van der Waals surface area (Å²) in [6.07, 6.45) is 3.55. The highest BCUT2D eigenvalue weighted by Crippen LogP contribution is 2.34. The summed E-state index contributed by atoms with van der Waals surface area (Å²) in [5, 5.41) is 1.93. The summed E-state index contributed by atoms with van der Waals surface area (Å²) in [6.45, 7) is 4.27. The Hall–Kier alpha value is -1.34. The molecule has 3 rings (SSSR count). The van der Waals surface area contributed by atoms with Gasteiger partial charge in [0.25, 0.3) is 5.91 Å². The quantitative estimate of drug-likeness (QED) is 0.361. The zero-order valence-corrected chi connectivity index (χ0v) is 15.4. The van der Waals surface area contributed by atoms with E-state index < -0.39 is 0 Å². The van der Waals surface area contributed by atoms with Gasteiger partial charge in [0.1, 0.15) is 5.75 Å². The zero-order chi connectivity index (χ0) is 17.8. The molecule has 0 atom stereocenters. The Morgan fingerprint density at radius 2 is 2.20 bits per heavy atom. The molecular formula is C18H26ClN3O3. The predicted octanol–water partition coefficient (Wildman–Crippen LogP) is 2.09. The van der Waals surface area contributed by atoms with Crippen LogP contribution in [0.3, 0.4) is 0 Å². The summed E-state index contributed by atoms with van der Waals surface area (Å²) in [4.78, 5) is 15.3. The number of benzene rings is 1. The Morgan fingerprint density at radius 3 is 2.92 bits per heavy atom. The Balaban J connectivity index is 1.61. The van der Waals surface area contributed by atoms with E-state index in [1.165, 1.54) is 5.01 Å². The van der Waals surface area contributed by atoms with Gasteiger partial charge in [-0.1, -0.05) is 11.6 Å². The van der Waals surface area contributed by atoms with Crippen LogP contribution in [0.4, 0.5) is 0 Å². The van der Waals surface area contributed by atoms with Gasteiger partial charge in [0.15, 0.2) is 0 Å². The predicted molar refractivity (Wildman–Crippen MR) is 97.0 cm³/mol. The molecular weight excluding hydrogens is 342 g/mol. The van der Waals surface area contributed by atoms with Gasteiger partial charge in [-0.2, -0.15) is 0 Å². The number of amides is 1. The van der Waals surface area contributed by atoms with Crippen LogP contribution in [0.2, 0.25) is 5.02 Å². The third-order valence-corrected chi connectivity index (χ3v) is 5.20. The number of nitrogens with zero attached hydrogens (tertiary/aromatic N) is 2. The first kappa shape index (κ1) is 18.5. The fourth-order valence-corrected chi connectivity index (χ4v) is 3.83. The highest BCUT2D eigenvalue weighted by atomic mass is 35.5. The number of hydrogen-bond acceptors (Lipinski definition) is 5. The second kappa shape index (κ2) is 8.36. The highest BCUT2D eigenvalue weighted by molar-refractivity contribution is 6.31. The molecule has 1 aromatic rings. The van der Waals surface area contributed by atoms with Crippen molar-refractivity contribution in [3.63, 3.8) is 0 Å². The van der Waals surface area contributed by atoms with Crippen molar-refractivity contribution in [1.29, 1.82) is 0 Å². The van der Waals surface area contributed by atoms with E-state index in [4.69, 9.17) is 26.9 Å². The molecule has 0 saturated carbocycles. The largest absolute Gasteiger partial charge is 0.492 e. The van der Waals surface area contributed by atoms with Gasteiger partial charge in [-0.15, -0.1) is 0 Å². The monoisotopic (exact) mass is 367 g/mol. The van der Waals surface area contributed by atoms with Crippen molar-refractivity contribution in [1.82, 2.24) is 9.91 Å². The number of carbonyl (C=O) groups is 1. The van der Waals surface area contributed by atoms with Crippen LogP contribution in [0, 0.1) is 0 Å². The molecule has 1 saturated heterocycles. The molecule has 138 valence electrons. The Labute approximate surface area is 153 Å². The van der Waals surface area contributed by atoms with Gasteiger partial charge < -0.3 is 14.4 Å². The first-order chi connectivity index (χ1) is 12.1. The Kier molecular flexibility index (Phi) is 6.17. The van der Waals surface area contributed by atoms with E-state index in [9.17, 15) is 4.79 Å². The SMILES string of the molecule is COCCCN1CCC(N(N)C(=O)c2cc(Cl)cc3c2OCC3)CC1. The molecule has 2 N–H and O–H groups in total. The van der Waals surface area contributed by atoms with E-state index >= 15 is 0 Å². The van der Waals surface area contributed by atoms with Gasteiger partial charge >= 0.3 is 0 Å². The lowest BCUT2D eigenvalue weighted by molar-refractivity contribution is 0.0560. The zero-order valence-electron chi connectivity index (χ0n) is 14.7. The van der Waals surface area contributed by atoms with Crippen molar-refractivity contribution in [3.05, 3.63) is 28.3 Å². The van der Waals surface area contributed by atoms with Gasteiger partial charge in [-0.25, -0.2) is 5.84 Å². The lowest BCUT2D eigenvalue weighted by Gasteiger charge is -2.36. The molecule has 1 fully saturated rings. The van der Waals surface area contributed by atoms with Crippen LogP contribution in [0.5, 0.6) is 5.75 Å². The van der Waals surface area contributed by atoms with Crippen molar-refractivity contribution in [2.24, 2.45) is 5.84 Å². The van der Waals surface area contributed by atoms with Gasteiger partial charge in [-0.05, 0) is 37.0 Å². The van der Waals surface area contributed by atoms with E-state index in [0.717, 1.165) is 57.5 Å². The molecule has 0 spiro atoms. The summed E-state index contributed by atoms with van der Waals surface area (Å²) < 4.78 is 10.7. The Bertz CT molecular complexity index is 618. The molecule has 2 heterocycles. The van der Waals surface area contributed by atoms with E-state index in [-0.39, 0.29) is 11.9 Å². The lowest BCUT2D eigenvalue weighted by Crippen LogP contribution is -2.51. The molecule has 6 nitrogen and oxygen atoms in total. The molecule has 0 unspecified atom stereocenters. The number of hydrazine groups is 1. The van der Waals surface area contributed by atoms with Crippen LogP contribution in [0.15, 0.2) is 12.1 Å². The second-order valence-electron chi connectivity index (χ2n) is 6.67. The van der Waals surface area contributed by atoms with E-state index in [2.05, 4.69) is 4.90 Å². The molecule has 0 radical (unpaired) electrons. The van der Waals surface area contributed by atoms with Crippen molar-refractivity contribution in [3.8, 4) is 5.75 Å². The maximum atomic E-state index is 12.9. The number of methoxy groups -OCH3 is 1. The minimum absolute atomic E-state index is 0.0437. The molecule has 25 heavy (non-hydrogen) atoms. The molecule has 0 bridgehead atoms. The van der Waals surface area contributed by atoms with Crippen LogP contribution in [-0.2, 0) is 11.2 Å². The normalized spacial score (nSPS) is 18.0. The Morgan fingerprint density at radius 1 is 1.44 bits per heavy atom. The third kappa shape index (κ3) is 4.26. The summed E-state index contributed by atoms with van der Waals surface area (Å²) >= 11 is 6.16. The number of ether oxygens (including phenoxy) is 2. The second-order valence-corrected chi connectivity index (χ2v) is 7.11. The van der Waals surface area contributed by atoms with Gasteiger partial charge in [-0.3, -0.25) is 9.80 Å². The number of likely N-dealkylation sites (tertiary alicyclic amines) is 1. The standard InChI is InChI=1S/C18H26ClN3O3/c1-24-9-2-6-21-7-3-15(4-8-21)22(20)18(23)16-12-14(19)11-13-5-10-25-17(13)16/h11-12,15H,2-10,20H2,1H3. The van der Waals surface area contributed by atoms with Crippen molar-refractivity contribution < 1.29 is 14.3 Å². The van der Waals surface area contributed by atoms with Crippen molar-refractivity contribution >= 4 is 17.5 Å². The first-order valence-corrected chi connectivity index (χ1v) is 9.22. The van der Waals surface area contributed by atoms with E-state index in [0.29, 0.717) is 22.9 Å². The summed E-state index contributed by atoms with van der Waals surface area (Å²) in [5.41, 5.74) is 1.46. The molecule has 7 heteroatoms. The molecule has 2 aliphatic rings. The molecule has 2 aliphatic heterocycles. The van der Waals surface area contributed by atoms with Gasteiger partial charge in [0, 0.05) is 44.8 Å². The van der Waals surface area contributed by atoms with Crippen LogP contribution in [0.1, 0.15) is 35.2 Å². The summed E-state index contributed by atoms with van der Waals surface area (Å²) in [7, 11) is 1.72. The molecule has 1 aromatic carbocycles. The van der Waals surface area contributed by atoms with E-state index in [1.807, 2.05) is 6.07 Å². The molecule has 1 amide bonds. The first-order valence-electron chi connectivity index (χ1n) is 8.85. The van der Waals surface area contributed by atoms with Crippen LogP contribution >= 0.6 is 11.6 Å². The maximum absolute atomic E-state index is 12.9. The van der Waals surface area contributed by atoms with Crippen LogP contribution in [0.25, 0.3) is 0 Å². The minimum Gasteiger partial charge on any atom is -0.492 e. The van der Waals surface area contributed by atoms with Gasteiger partial charge in [0.2, 0.25) is 0 Å². The fourth-order valence-electron chi connectivity index (χ4n) is 3.59. The number of halogens is 1. The number of fused-ring (bicyclic) bond motifs is 1. The maximum Gasteiger partial charge on any atom is 0.271 e. The molecule has 0 aromatic heterocycles. The average molecular weight is 368 g/mol. The fraction of sp³-hybridized carbons (Fsp3) is 0.611. The van der Waals surface area contributed by atoms with Crippen LogP contribution < -0.4 is 10.6 Å². The van der Waals surface area contributed by atoms with Crippen molar-refractivity contribution in [2.45, 2.75) is 31.7 Å². The minimum atomic E-state index is -0.210. The lowest BCUT2D eigenvalue weighted by atomic mass is 10.0. The number of carbonyl (C=O) groups excluding carboxylic acids is 1. The number of rotatable bonds is 6. The smallest absolute Gasteiger partial charge is 0.271 e. The third-order valence-electron chi connectivity index (χ3n) is 4.99. The number of hydrogen-bond donors (Lipinski definition) is 1.